The Kier molecular flexibility index (Phi) is 3.18. The number of rotatable bonds is 2. The zero-order valence-corrected chi connectivity index (χ0v) is 11.2. The lowest BCUT2D eigenvalue weighted by Gasteiger charge is -2.04. The molecule has 19 heavy (non-hydrogen) atoms. The summed E-state index contributed by atoms with van der Waals surface area (Å²) < 4.78 is 0. The standard InChI is InChI=1S/C13H9ClN2O2S/c14-7-1-4-11(15-6-7)19-8-2-3-9-10(5-8)16-13(18)12(9)17/h1-6,12,17H,(H,16,18). The Labute approximate surface area is 118 Å². The van der Waals surface area contributed by atoms with Crippen molar-refractivity contribution in [3.05, 3.63) is 47.1 Å². The molecular formula is C13H9ClN2O2S. The molecule has 0 radical (unpaired) electrons. The molecule has 0 spiro atoms. The number of amides is 1. The molecule has 1 aliphatic heterocycles. The number of aliphatic hydroxyl groups excluding tert-OH is 1. The maximum Gasteiger partial charge on any atom is 0.257 e. The summed E-state index contributed by atoms with van der Waals surface area (Å²) in [7, 11) is 0. The van der Waals surface area contributed by atoms with Crippen LogP contribution in [-0.2, 0) is 4.79 Å². The molecule has 0 fully saturated rings. The minimum atomic E-state index is -1.07. The Morgan fingerprint density at radius 2 is 2.16 bits per heavy atom. The van der Waals surface area contributed by atoms with Gasteiger partial charge in [-0.25, -0.2) is 4.98 Å². The van der Waals surface area contributed by atoms with Crippen molar-refractivity contribution in [2.24, 2.45) is 0 Å². The maximum absolute atomic E-state index is 11.3. The van der Waals surface area contributed by atoms with Crippen molar-refractivity contribution in [3.8, 4) is 0 Å². The molecule has 0 saturated carbocycles. The highest BCUT2D eigenvalue weighted by Crippen LogP contribution is 2.35. The molecule has 2 aromatic rings. The second-order valence-corrected chi connectivity index (χ2v) is 5.59. The first-order valence-electron chi connectivity index (χ1n) is 5.56. The van der Waals surface area contributed by atoms with Crippen LogP contribution in [0.15, 0.2) is 46.5 Å². The van der Waals surface area contributed by atoms with Gasteiger partial charge < -0.3 is 10.4 Å². The summed E-state index contributed by atoms with van der Waals surface area (Å²) in [5.74, 6) is -0.387. The van der Waals surface area contributed by atoms with E-state index in [1.807, 2.05) is 18.2 Å². The van der Waals surface area contributed by atoms with Gasteiger partial charge in [-0.05, 0) is 24.3 Å². The number of hydrogen-bond acceptors (Lipinski definition) is 4. The number of anilines is 1. The largest absolute Gasteiger partial charge is 0.378 e. The second kappa shape index (κ2) is 4.85. The first-order valence-corrected chi connectivity index (χ1v) is 6.75. The monoisotopic (exact) mass is 292 g/mol. The van der Waals surface area contributed by atoms with Crippen LogP contribution in [-0.4, -0.2) is 16.0 Å². The molecule has 4 nitrogen and oxygen atoms in total. The normalized spacial score (nSPS) is 17.2. The molecule has 1 aliphatic rings. The molecule has 1 amide bonds. The number of benzene rings is 1. The number of carbonyl (C=O) groups is 1. The van der Waals surface area contributed by atoms with Crippen LogP contribution in [0.3, 0.4) is 0 Å². The predicted octanol–water partition coefficient (Wildman–Crippen LogP) is 2.87. The third-order valence-electron chi connectivity index (χ3n) is 2.75. The van der Waals surface area contributed by atoms with E-state index in [1.165, 1.54) is 11.8 Å². The van der Waals surface area contributed by atoms with Crippen molar-refractivity contribution in [1.82, 2.24) is 4.98 Å². The lowest BCUT2D eigenvalue weighted by Crippen LogP contribution is -2.10. The van der Waals surface area contributed by atoms with Crippen LogP contribution in [0, 0.1) is 0 Å². The number of carbonyl (C=O) groups excluding carboxylic acids is 1. The van der Waals surface area contributed by atoms with E-state index >= 15 is 0 Å². The molecule has 0 aliphatic carbocycles. The molecule has 1 unspecified atom stereocenters. The van der Waals surface area contributed by atoms with Gasteiger partial charge in [0.2, 0.25) is 0 Å². The van der Waals surface area contributed by atoms with Gasteiger partial charge in [0.15, 0.2) is 6.10 Å². The fraction of sp³-hybridized carbons (Fsp3) is 0.0769. The van der Waals surface area contributed by atoms with Gasteiger partial charge in [-0.15, -0.1) is 0 Å². The number of halogens is 1. The first-order chi connectivity index (χ1) is 9.13. The van der Waals surface area contributed by atoms with Crippen molar-refractivity contribution >= 4 is 35.0 Å². The minimum Gasteiger partial charge on any atom is -0.378 e. The van der Waals surface area contributed by atoms with Crippen molar-refractivity contribution in [1.29, 1.82) is 0 Å². The van der Waals surface area contributed by atoms with E-state index in [0.717, 1.165) is 9.92 Å². The summed E-state index contributed by atoms with van der Waals surface area (Å²) in [6.07, 6.45) is 0.519. The SMILES string of the molecule is O=C1Nc2cc(Sc3ccc(Cl)cn3)ccc2C1O. The third kappa shape index (κ3) is 2.45. The van der Waals surface area contributed by atoms with E-state index in [-0.39, 0.29) is 5.91 Å². The number of aromatic nitrogens is 1. The highest BCUT2D eigenvalue weighted by molar-refractivity contribution is 7.99. The number of hydrogen-bond donors (Lipinski definition) is 2. The number of pyridine rings is 1. The lowest BCUT2D eigenvalue weighted by atomic mass is 10.1. The number of fused-ring (bicyclic) bond motifs is 1. The molecule has 0 saturated heterocycles. The maximum atomic E-state index is 11.3. The van der Waals surface area contributed by atoms with Gasteiger partial charge in [0.25, 0.3) is 5.91 Å². The summed E-state index contributed by atoms with van der Waals surface area (Å²) in [5, 5.41) is 13.7. The zero-order valence-electron chi connectivity index (χ0n) is 9.63. The van der Waals surface area contributed by atoms with E-state index in [2.05, 4.69) is 10.3 Å². The third-order valence-corrected chi connectivity index (χ3v) is 3.91. The summed E-state index contributed by atoms with van der Waals surface area (Å²) in [5.41, 5.74) is 1.26. The molecule has 2 N–H and O–H groups in total. The Hall–Kier alpha value is -1.56. The zero-order chi connectivity index (χ0) is 13.4. The average molecular weight is 293 g/mol. The van der Waals surface area contributed by atoms with Crippen LogP contribution in [0.4, 0.5) is 5.69 Å². The van der Waals surface area contributed by atoms with Crippen LogP contribution in [0.2, 0.25) is 5.02 Å². The fourth-order valence-corrected chi connectivity index (χ4v) is 2.74. The van der Waals surface area contributed by atoms with E-state index in [1.54, 1.807) is 18.3 Å². The van der Waals surface area contributed by atoms with Gasteiger partial charge in [-0.3, -0.25) is 4.79 Å². The van der Waals surface area contributed by atoms with E-state index in [9.17, 15) is 9.90 Å². The van der Waals surface area contributed by atoms with E-state index in [4.69, 9.17) is 11.6 Å². The topological polar surface area (TPSA) is 62.2 Å². The van der Waals surface area contributed by atoms with Gasteiger partial charge in [0.05, 0.1) is 5.02 Å². The molecule has 1 aromatic carbocycles. The number of nitrogens with zero attached hydrogens (tertiary/aromatic N) is 1. The summed E-state index contributed by atoms with van der Waals surface area (Å²) in [6.45, 7) is 0. The smallest absolute Gasteiger partial charge is 0.257 e. The summed E-state index contributed by atoms with van der Waals surface area (Å²) >= 11 is 7.24. The van der Waals surface area contributed by atoms with Crippen molar-refractivity contribution < 1.29 is 9.90 Å². The van der Waals surface area contributed by atoms with Gasteiger partial charge in [0.1, 0.15) is 5.03 Å². The fourth-order valence-electron chi connectivity index (χ4n) is 1.83. The van der Waals surface area contributed by atoms with Crippen LogP contribution < -0.4 is 5.32 Å². The summed E-state index contributed by atoms with van der Waals surface area (Å²) in [6, 6.07) is 9.02. The molecule has 1 aromatic heterocycles. The van der Waals surface area contributed by atoms with Crippen molar-refractivity contribution in [2.75, 3.05) is 5.32 Å². The van der Waals surface area contributed by atoms with Gasteiger partial charge >= 0.3 is 0 Å². The Bertz CT molecular complexity index is 646. The Balaban J connectivity index is 1.86. The minimum absolute atomic E-state index is 0.387. The van der Waals surface area contributed by atoms with Crippen LogP contribution in [0.1, 0.15) is 11.7 Å². The average Bonchev–Trinajstić information content (AvgIpc) is 2.68. The Morgan fingerprint density at radius 3 is 2.89 bits per heavy atom. The molecule has 6 heteroatoms. The first kappa shape index (κ1) is 12.5. The van der Waals surface area contributed by atoms with Gasteiger partial charge in [0, 0.05) is 22.3 Å². The van der Waals surface area contributed by atoms with Crippen molar-refractivity contribution in [3.63, 3.8) is 0 Å². The predicted molar refractivity (Wildman–Crippen MR) is 73.4 cm³/mol. The van der Waals surface area contributed by atoms with Crippen molar-refractivity contribution in [2.45, 2.75) is 16.0 Å². The molecule has 0 bridgehead atoms. The second-order valence-electron chi connectivity index (χ2n) is 4.06. The quantitative estimate of drug-likeness (QED) is 0.893. The highest BCUT2D eigenvalue weighted by Gasteiger charge is 2.28. The number of nitrogens with one attached hydrogen (secondary N) is 1. The molecule has 2 heterocycles. The lowest BCUT2D eigenvalue weighted by molar-refractivity contribution is -0.123. The van der Waals surface area contributed by atoms with E-state index < -0.39 is 6.10 Å². The highest BCUT2D eigenvalue weighted by atomic mass is 35.5. The van der Waals surface area contributed by atoms with Crippen LogP contribution in [0.25, 0.3) is 0 Å². The van der Waals surface area contributed by atoms with Gasteiger partial charge in [-0.1, -0.05) is 29.4 Å². The van der Waals surface area contributed by atoms with Crippen LogP contribution >= 0.6 is 23.4 Å². The Morgan fingerprint density at radius 1 is 1.32 bits per heavy atom. The number of aliphatic hydroxyl groups is 1. The summed E-state index contributed by atoms with van der Waals surface area (Å²) in [4.78, 5) is 16.5. The molecular weight excluding hydrogens is 284 g/mol. The molecule has 96 valence electrons. The molecule has 1 atom stereocenters. The molecule has 3 rings (SSSR count). The van der Waals surface area contributed by atoms with Crippen LogP contribution in [0.5, 0.6) is 0 Å². The van der Waals surface area contributed by atoms with Gasteiger partial charge in [-0.2, -0.15) is 0 Å². The van der Waals surface area contributed by atoms with E-state index in [0.29, 0.717) is 16.3 Å².